The number of methoxy groups -OCH3 is 1. The van der Waals surface area contributed by atoms with Gasteiger partial charge in [-0.2, -0.15) is 0 Å². The summed E-state index contributed by atoms with van der Waals surface area (Å²) in [7, 11) is 1.30. The number of esters is 1. The van der Waals surface area contributed by atoms with Crippen LogP contribution >= 0.6 is 27.3 Å². The van der Waals surface area contributed by atoms with Gasteiger partial charge in [0.1, 0.15) is 4.88 Å². The van der Waals surface area contributed by atoms with E-state index in [1.807, 2.05) is 0 Å². The van der Waals surface area contributed by atoms with Gasteiger partial charge >= 0.3 is 5.97 Å². The first-order chi connectivity index (χ1) is 5.70. The van der Waals surface area contributed by atoms with E-state index in [0.29, 0.717) is 21.2 Å². The van der Waals surface area contributed by atoms with Crippen molar-refractivity contribution < 1.29 is 14.3 Å². The Labute approximate surface area is 81.5 Å². The van der Waals surface area contributed by atoms with Crippen LogP contribution < -0.4 is 0 Å². The molecule has 0 atom stereocenters. The number of aldehydes is 1. The van der Waals surface area contributed by atoms with E-state index in [4.69, 9.17) is 0 Å². The number of halogens is 1. The Kier molecular flexibility index (Phi) is 2.99. The highest BCUT2D eigenvalue weighted by atomic mass is 79.9. The molecule has 0 saturated heterocycles. The van der Waals surface area contributed by atoms with Crippen molar-refractivity contribution in [2.24, 2.45) is 0 Å². The Morgan fingerprint density at radius 3 is 2.83 bits per heavy atom. The molecule has 0 bridgehead atoms. The van der Waals surface area contributed by atoms with E-state index in [1.54, 1.807) is 5.38 Å². The molecule has 0 spiro atoms. The summed E-state index contributed by atoms with van der Waals surface area (Å²) in [6.45, 7) is 0. The van der Waals surface area contributed by atoms with Gasteiger partial charge in [0.2, 0.25) is 0 Å². The maximum Gasteiger partial charge on any atom is 0.349 e. The smallest absolute Gasteiger partial charge is 0.349 e. The minimum Gasteiger partial charge on any atom is -0.465 e. The highest BCUT2D eigenvalue weighted by Gasteiger charge is 2.15. The predicted octanol–water partition coefficient (Wildman–Crippen LogP) is 2.11. The van der Waals surface area contributed by atoms with Crippen molar-refractivity contribution >= 4 is 39.5 Å². The lowest BCUT2D eigenvalue weighted by Crippen LogP contribution is -1.98. The van der Waals surface area contributed by atoms with Crippen LogP contribution in [-0.2, 0) is 4.74 Å². The van der Waals surface area contributed by atoms with Crippen molar-refractivity contribution in [3.63, 3.8) is 0 Å². The van der Waals surface area contributed by atoms with E-state index in [1.165, 1.54) is 18.4 Å². The number of carbonyl (C=O) groups excluding carboxylic acids is 2. The molecule has 64 valence electrons. The van der Waals surface area contributed by atoms with Crippen LogP contribution in [0.1, 0.15) is 20.0 Å². The molecule has 1 heterocycles. The molecule has 1 aromatic rings. The molecule has 5 heteroatoms. The van der Waals surface area contributed by atoms with Crippen molar-refractivity contribution in [2.45, 2.75) is 0 Å². The topological polar surface area (TPSA) is 43.4 Å². The highest BCUT2D eigenvalue weighted by molar-refractivity contribution is 9.10. The molecule has 0 aliphatic carbocycles. The molecular formula is C7H5BrO3S. The van der Waals surface area contributed by atoms with Gasteiger partial charge in [-0.1, -0.05) is 0 Å². The maximum absolute atomic E-state index is 11.0. The van der Waals surface area contributed by atoms with Crippen LogP contribution in [0.2, 0.25) is 0 Å². The van der Waals surface area contributed by atoms with Crippen LogP contribution in [0.25, 0.3) is 0 Å². The zero-order valence-corrected chi connectivity index (χ0v) is 8.57. The Hall–Kier alpha value is -0.680. The van der Waals surface area contributed by atoms with Gasteiger partial charge in [-0.25, -0.2) is 4.79 Å². The fraction of sp³-hybridized carbons (Fsp3) is 0.143. The minimum atomic E-state index is -0.431. The zero-order chi connectivity index (χ0) is 9.14. The first-order valence-electron chi connectivity index (χ1n) is 3.01. The summed E-state index contributed by atoms with van der Waals surface area (Å²) in [5.74, 6) is -0.431. The highest BCUT2D eigenvalue weighted by Crippen LogP contribution is 2.27. The molecule has 12 heavy (non-hydrogen) atoms. The average molecular weight is 249 g/mol. The molecule has 0 saturated carbocycles. The first-order valence-corrected chi connectivity index (χ1v) is 4.68. The Morgan fingerprint density at radius 1 is 1.75 bits per heavy atom. The summed E-state index contributed by atoms with van der Waals surface area (Å²) in [5, 5.41) is 1.60. The SMILES string of the molecule is COC(=O)c1scc(C=O)c1Br. The molecule has 1 aromatic heterocycles. The van der Waals surface area contributed by atoms with E-state index < -0.39 is 5.97 Å². The van der Waals surface area contributed by atoms with Crippen LogP contribution in [0.3, 0.4) is 0 Å². The average Bonchev–Trinajstić information content (AvgIpc) is 2.45. The third-order valence-electron chi connectivity index (χ3n) is 1.25. The fourth-order valence-corrected chi connectivity index (χ4v) is 2.29. The lowest BCUT2D eigenvalue weighted by molar-refractivity contribution is 0.0605. The second-order valence-electron chi connectivity index (χ2n) is 1.94. The van der Waals surface area contributed by atoms with Gasteiger partial charge in [0, 0.05) is 10.9 Å². The molecule has 0 radical (unpaired) electrons. The molecule has 0 N–H and O–H groups in total. The van der Waals surface area contributed by atoms with Crippen LogP contribution in [0, 0.1) is 0 Å². The van der Waals surface area contributed by atoms with Crippen molar-refractivity contribution in [2.75, 3.05) is 7.11 Å². The van der Waals surface area contributed by atoms with E-state index in [9.17, 15) is 9.59 Å². The maximum atomic E-state index is 11.0. The largest absolute Gasteiger partial charge is 0.465 e. The number of hydrogen-bond donors (Lipinski definition) is 0. The lowest BCUT2D eigenvalue weighted by Gasteiger charge is -1.94. The number of carbonyl (C=O) groups is 2. The third kappa shape index (κ3) is 1.56. The number of thiophene rings is 1. The molecular weight excluding hydrogens is 244 g/mol. The molecule has 0 fully saturated rings. The predicted molar refractivity (Wildman–Crippen MR) is 48.7 cm³/mol. The summed E-state index contributed by atoms with van der Waals surface area (Å²) < 4.78 is 5.01. The first kappa shape index (κ1) is 9.41. The van der Waals surface area contributed by atoms with Crippen LogP contribution in [0.5, 0.6) is 0 Å². The lowest BCUT2D eigenvalue weighted by atomic mass is 10.3. The minimum absolute atomic E-state index is 0.416. The fourth-order valence-electron chi connectivity index (χ4n) is 0.667. The van der Waals surface area contributed by atoms with Crippen LogP contribution in [0.15, 0.2) is 9.85 Å². The zero-order valence-electron chi connectivity index (χ0n) is 6.17. The van der Waals surface area contributed by atoms with Crippen molar-refractivity contribution in [1.82, 2.24) is 0 Å². The van der Waals surface area contributed by atoms with Gasteiger partial charge in [-0.15, -0.1) is 11.3 Å². The van der Waals surface area contributed by atoms with Gasteiger partial charge in [-0.05, 0) is 15.9 Å². The number of hydrogen-bond acceptors (Lipinski definition) is 4. The van der Waals surface area contributed by atoms with Gasteiger partial charge in [-0.3, -0.25) is 4.79 Å². The summed E-state index contributed by atoms with van der Waals surface area (Å²) in [6, 6.07) is 0. The summed E-state index contributed by atoms with van der Waals surface area (Å²) in [4.78, 5) is 21.8. The summed E-state index contributed by atoms with van der Waals surface area (Å²) in [5.41, 5.74) is 0.473. The van der Waals surface area contributed by atoms with E-state index in [2.05, 4.69) is 20.7 Å². The standard InChI is InChI=1S/C7H5BrO3S/c1-11-7(10)6-5(8)4(2-9)3-12-6/h2-3H,1H3. The van der Waals surface area contributed by atoms with Gasteiger partial charge in [0.05, 0.1) is 11.6 Å². The summed E-state index contributed by atoms with van der Waals surface area (Å²) in [6.07, 6.45) is 0.688. The van der Waals surface area contributed by atoms with Crippen molar-refractivity contribution in [1.29, 1.82) is 0 Å². The summed E-state index contributed by atoms with van der Waals surface area (Å²) >= 11 is 4.31. The van der Waals surface area contributed by atoms with Gasteiger partial charge in [0.15, 0.2) is 6.29 Å². The molecule has 1 rings (SSSR count). The van der Waals surface area contributed by atoms with E-state index >= 15 is 0 Å². The molecule has 0 aliphatic heterocycles. The van der Waals surface area contributed by atoms with E-state index in [0.717, 1.165) is 0 Å². The normalized spacial score (nSPS) is 9.50. The monoisotopic (exact) mass is 248 g/mol. The molecule has 0 aliphatic rings. The molecule has 0 amide bonds. The van der Waals surface area contributed by atoms with Crippen molar-refractivity contribution in [3.8, 4) is 0 Å². The van der Waals surface area contributed by atoms with Crippen LogP contribution in [-0.4, -0.2) is 19.4 Å². The second-order valence-corrected chi connectivity index (χ2v) is 3.62. The van der Waals surface area contributed by atoms with Crippen molar-refractivity contribution in [3.05, 3.63) is 20.3 Å². The Morgan fingerprint density at radius 2 is 2.42 bits per heavy atom. The molecule has 3 nitrogen and oxygen atoms in total. The van der Waals surface area contributed by atoms with Gasteiger partial charge < -0.3 is 4.74 Å². The Bertz CT molecular complexity index is 318. The van der Waals surface area contributed by atoms with Crippen LogP contribution in [0.4, 0.5) is 0 Å². The third-order valence-corrected chi connectivity index (χ3v) is 3.35. The Balaban J connectivity index is 3.10. The molecule has 0 aromatic carbocycles. The van der Waals surface area contributed by atoms with E-state index in [-0.39, 0.29) is 0 Å². The number of rotatable bonds is 2. The molecule has 0 unspecified atom stereocenters. The number of ether oxygens (including phenoxy) is 1. The second kappa shape index (κ2) is 3.82. The van der Waals surface area contributed by atoms with Gasteiger partial charge in [0.25, 0.3) is 0 Å². The quantitative estimate of drug-likeness (QED) is 0.595.